The number of aliphatic carboxylic acids is 1. The van der Waals surface area contributed by atoms with E-state index in [1.54, 1.807) is 0 Å². The molecule has 1 heterocycles. The standard InChI is InChI=1S/C14H14ClNO4/c1-7(2)5-11(14(19)20)16-10-6-8(15)3-4-9(10)12(17)13(16)18/h3-4,6-7,11H,5H2,1-2H3,(H,19,20). The van der Waals surface area contributed by atoms with Gasteiger partial charge in [0.25, 0.3) is 11.7 Å². The number of hydrogen-bond donors (Lipinski definition) is 1. The van der Waals surface area contributed by atoms with Crippen LogP contribution in [0.5, 0.6) is 0 Å². The average molecular weight is 296 g/mol. The molecule has 0 saturated heterocycles. The molecule has 1 N–H and O–H groups in total. The van der Waals surface area contributed by atoms with Crippen molar-refractivity contribution < 1.29 is 19.5 Å². The third-order valence-electron chi connectivity index (χ3n) is 3.17. The summed E-state index contributed by atoms with van der Waals surface area (Å²) in [5, 5.41) is 9.70. The van der Waals surface area contributed by atoms with Gasteiger partial charge in [0.1, 0.15) is 6.04 Å². The van der Waals surface area contributed by atoms with Gasteiger partial charge in [0.2, 0.25) is 0 Å². The van der Waals surface area contributed by atoms with Gasteiger partial charge in [0, 0.05) is 5.02 Å². The zero-order valence-corrected chi connectivity index (χ0v) is 11.8. The number of rotatable bonds is 4. The lowest BCUT2D eigenvalue weighted by molar-refractivity contribution is -0.140. The Bertz CT molecular complexity index is 597. The summed E-state index contributed by atoms with van der Waals surface area (Å²) in [6.45, 7) is 3.72. The molecule has 0 aromatic heterocycles. The first-order chi connectivity index (χ1) is 9.32. The molecule has 0 spiro atoms. The van der Waals surface area contributed by atoms with Crippen molar-refractivity contribution in [2.45, 2.75) is 26.3 Å². The number of anilines is 1. The van der Waals surface area contributed by atoms with Crippen LogP contribution in [0.25, 0.3) is 0 Å². The third-order valence-corrected chi connectivity index (χ3v) is 3.40. The van der Waals surface area contributed by atoms with E-state index >= 15 is 0 Å². The Morgan fingerprint density at radius 3 is 2.55 bits per heavy atom. The first kappa shape index (κ1) is 14.5. The van der Waals surface area contributed by atoms with Crippen LogP contribution < -0.4 is 4.90 Å². The van der Waals surface area contributed by atoms with Crippen molar-refractivity contribution in [3.8, 4) is 0 Å². The molecule has 20 heavy (non-hydrogen) atoms. The number of benzene rings is 1. The molecule has 2 rings (SSSR count). The molecule has 1 atom stereocenters. The number of amides is 1. The number of Topliss-reactive ketones (excluding diaryl/α,β-unsaturated/α-hetero) is 1. The molecule has 1 aliphatic rings. The normalized spacial score (nSPS) is 15.7. The van der Waals surface area contributed by atoms with E-state index in [0.29, 0.717) is 5.02 Å². The fourth-order valence-electron chi connectivity index (χ4n) is 2.30. The summed E-state index contributed by atoms with van der Waals surface area (Å²) in [6.07, 6.45) is 0.264. The van der Waals surface area contributed by atoms with Crippen LogP contribution in [0.3, 0.4) is 0 Å². The largest absolute Gasteiger partial charge is 0.480 e. The lowest BCUT2D eigenvalue weighted by atomic mass is 10.0. The van der Waals surface area contributed by atoms with Gasteiger partial charge >= 0.3 is 5.97 Å². The molecule has 1 aliphatic heterocycles. The van der Waals surface area contributed by atoms with Gasteiger partial charge in [-0.15, -0.1) is 0 Å². The fraction of sp³-hybridized carbons (Fsp3) is 0.357. The number of carboxylic acid groups (broad SMARTS) is 1. The Morgan fingerprint density at radius 1 is 1.35 bits per heavy atom. The summed E-state index contributed by atoms with van der Waals surface area (Å²) in [5.41, 5.74) is 0.481. The minimum absolute atomic E-state index is 0.0715. The van der Waals surface area contributed by atoms with Crippen LogP contribution >= 0.6 is 11.6 Å². The highest BCUT2D eigenvalue weighted by molar-refractivity contribution is 6.53. The lowest BCUT2D eigenvalue weighted by Crippen LogP contribution is -2.45. The van der Waals surface area contributed by atoms with Crippen molar-refractivity contribution in [3.05, 3.63) is 28.8 Å². The zero-order chi connectivity index (χ0) is 15.0. The summed E-state index contributed by atoms with van der Waals surface area (Å²) in [6, 6.07) is 3.35. The van der Waals surface area contributed by atoms with Gasteiger partial charge in [-0.25, -0.2) is 4.79 Å². The molecule has 0 saturated carbocycles. The molecule has 1 aromatic carbocycles. The van der Waals surface area contributed by atoms with Crippen molar-refractivity contribution in [3.63, 3.8) is 0 Å². The molecule has 1 aromatic rings. The number of nitrogens with zero attached hydrogens (tertiary/aromatic N) is 1. The number of hydrogen-bond acceptors (Lipinski definition) is 3. The lowest BCUT2D eigenvalue weighted by Gasteiger charge is -2.25. The predicted octanol–water partition coefficient (Wildman–Crippen LogP) is 2.37. The molecule has 0 aliphatic carbocycles. The minimum Gasteiger partial charge on any atom is -0.480 e. The van der Waals surface area contributed by atoms with E-state index in [1.807, 2.05) is 13.8 Å². The predicted molar refractivity (Wildman–Crippen MR) is 74.1 cm³/mol. The fourth-order valence-corrected chi connectivity index (χ4v) is 2.47. The number of carbonyl (C=O) groups excluding carboxylic acids is 2. The Labute approximate surface area is 121 Å². The maximum Gasteiger partial charge on any atom is 0.326 e. The van der Waals surface area contributed by atoms with Gasteiger partial charge in [-0.05, 0) is 30.5 Å². The molecular formula is C14H14ClNO4. The van der Waals surface area contributed by atoms with Crippen LogP contribution in [0, 0.1) is 5.92 Å². The van der Waals surface area contributed by atoms with Crippen molar-refractivity contribution in [2.24, 2.45) is 5.92 Å². The average Bonchev–Trinajstić information content (AvgIpc) is 2.58. The second kappa shape index (κ2) is 5.25. The topological polar surface area (TPSA) is 74.7 Å². The van der Waals surface area contributed by atoms with Gasteiger partial charge in [-0.1, -0.05) is 25.4 Å². The molecule has 0 bridgehead atoms. The van der Waals surface area contributed by atoms with Crippen molar-refractivity contribution in [1.82, 2.24) is 0 Å². The monoisotopic (exact) mass is 295 g/mol. The quantitative estimate of drug-likeness (QED) is 0.865. The van der Waals surface area contributed by atoms with Gasteiger partial charge in [-0.3, -0.25) is 14.5 Å². The molecule has 1 unspecified atom stereocenters. The molecule has 0 radical (unpaired) electrons. The van der Waals surface area contributed by atoms with Crippen LogP contribution in [0.4, 0.5) is 5.69 Å². The SMILES string of the molecule is CC(C)CC(C(=O)O)N1C(=O)C(=O)c2ccc(Cl)cc21. The van der Waals surface area contributed by atoms with E-state index in [-0.39, 0.29) is 23.6 Å². The number of fused-ring (bicyclic) bond motifs is 1. The van der Waals surface area contributed by atoms with E-state index < -0.39 is 23.7 Å². The minimum atomic E-state index is -1.13. The van der Waals surface area contributed by atoms with Crippen LogP contribution in [-0.4, -0.2) is 28.8 Å². The first-order valence-corrected chi connectivity index (χ1v) is 6.61. The van der Waals surface area contributed by atoms with Gasteiger partial charge in [0.05, 0.1) is 11.3 Å². The number of carbonyl (C=O) groups is 3. The maximum absolute atomic E-state index is 12.1. The van der Waals surface area contributed by atoms with Crippen molar-refractivity contribution in [1.29, 1.82) is 0 Å². The molecule has 6 heteroatoms. The second-order valence-corrected chi connectivity index (χ2v) is 5.59. The van der Waals surface area contributed by atoms with Crippen LogP contribution in [0.2, 0.25) is 5.02 Å². The molecule has 106 valence electrons. The van der Waals surface area contributed by atoms with E-state index in [1.165, 1.54) is 18.2 Å². The summed E-state index contributed by atoms with van der Waals surface area (Å²) < 4.78 is 0. The third kappa shape index (κ3) is 2.41. The first-order valence-electron chi connectivity index (χ1n) is 6.23. The number of carboxylic acids is 1. The Balaban J connectivity index is 2.51. The van der Waals surface area contributed by atoms with E-state index in [0.717, 1.165) is 4.90 Å². The highest BCUT2D eigenvalue weighted by atomic mass is 35.5. The van der Waals surface area contributed by atoms with Gasteiger partial charge < -0.3 is 5.11 Å². The maximum atomic E-state index is 12.1. The molecule has 5 nitrogen and oxygen atoms in total. The summed E-state index contributed by atoms with van der Waals surface area (Å²) in [4.78, 5) is 36.5. The number of halogens is 1. The smallest absolute Gasteiger partial charge is 0.326 e. The van der Waals surface area contributed by atoms with Crippen molar-refractivity contribution in [2.75, 3.05) is 4.90 Å². The number of ketones is 1. The Morgan fingerprint density at radius 2 is 2.00 bits per heavy atom. The Kier molecular flexibility index (Phi) is 3.81. The summed E-state index contributed by atoms with van der Waals surface area (Å²) in [5.74, 6) is -2.56. The summed E-state index contributed by atoms with van der Waals surface area (Å²) in [7, 11) is 0. The van der Waals surface area contributed by atoms with Crippen LogP contribution in [0.1, 0.15) is 30.6 Å². The highest BCUT2D eigenvalue weighted by Crippen LogP contribution is 2.34. The van der Waals surface area contributed by atoms with Gasteiger partial charge in [-0.2, -0.15) is 0 Å². The van der Waals surface area contributed by atoms with E-state index in [9.17, 15) is 19.5 Å². The molecule has 1 amide bonds. The zero-order valence-electron chi connectivity index (χ0n) is 11.1. The molecular weight excluding hydrogens is 282 g/mol. The van der Waals surface area contributed by atoms with Crippen molar-refractivity contribution >= 4 is 34.9 Å². The van der Waals surface area contributed by atoms with Crippen LogP contribution in [0.15, 0.2) is 18.2 Å². The summed E-state index contributed by atoms with van der Waals surface area (Å²) >= 11 is 5.88. The van der Waals surface area contributed by atoms with E-state index in [4.69, 9.17) is 11.6 Å². The molecule has 0 fully saturated rings. The van der Waals surface area contributed by atoms with Gasteiger partial charge in [0.15, 0.2) is 0 Å². The van der Waals surface area contributed by atoms with Crippen LogP contribution in [-0.2, 0) is 9.59 Å². The highest BCUT2D eigenvalue weighted by Gasteiger charge is 2.42. The van der Waals surface area contributed by atoms with E-state index in [2.05, 4.69) is 0 Å². The second-order valence-electron chi connectivity index (χ2n) is 5.15. The Hall–Kier alpha value is -1.88.